The van der Waals surface area contributed by atoms with Crippen molar-refractivity contribution in [3.8, 4) is 17.0 Å². The molecule has 0 amide bonds. The minimum absolute atomic E-state index is 0.0586. The average molecular weight is 365 g/mol. The van der Waals surface area contributed by atoms with Crippen LogP contribution in [0.3, 0.4) is 0 Å². The van der Waals surface area contributed by atoms with Crippen molar-refractivity contribution in [2.75, 3.05) is 12.4 Å². The van der Waals surface area contributed by atoms with E-state index >= 15 is 0 Å². The van der Waals surface area contributed by atoms with Crippen LogP contribution in [0.5, 0.6) is 5.75 Å². The van der Waals surface area contributed by atoms with Crippen LogP contribution in [0.1, 0.15) is 12.8 Å². The van der Waals surface area contributed by atoms with Gasteiger partial charge in [-0.15, -0.1) is 0 Å². The van der Waals surface area contributed by atoms with Crippen LogP contribution in [-0.4, -0.2) is 44.1 Å². The summed E-state index contributed by atoms with van der Waals surface area (Å²) in [5.41, 5.74) is 1.82. The lowest BCUT2D eigenvalue weighted by molar-refractivity contribution is 0.165. The summed E-state index contributed by atoms with van der Waals surface area (Å²) in [6.45, 7) is 0.814. The monoisotopic (exact) mass is 365 g/mol. The zero-order valence-corrected chi connectivity index (χ0v) is 15.2. The maximum Gasteiger partial charge on any atom is 0.223 e. The Kier molecular flexibility index (Phi) is 5.02. The van der Waals surface area contributed by atoms with Gasteiger partial charge >= 0.3 is 0 Å². The molecule has 0 aliphatic heterocycles. The fourth-order valence-electron chi connectivity index (χ4n) is 3.61. The maximum atomic E-state index is 10.4. The highest BCUT2D eigenvalue weighted by Crippen LogP contribution is 2.29. The minimum atomic E-state index is -0.418. The number of anilines is 1. The third-order valence-corrected chi connectivity index (χ3v) is 4.99. The summed E-state index contributed by atoms with van der Waals surface area (Å²) in [6, 6.07) is 11.5. The van der Waals surface area contributed by atoms with E-state index in [0.29, 0.717) is 11.9 Å². The summed E-state index contributed by atoms with van der Waals surface area (Å²) >= 11 is 0. The van der Waals surface area contributed by atoms with Crippen molar-refractivity contribution in [1.29, 1.82) is 0 Å². The van der Waals surface area contributed by atoms with E-state index in [1.807, 2.05) is 47.3 Å². The van der Waals surface area contributed by atoms with Crippen LogP contribution in [-0.2, 0) is 6.54 Å². The SMILES string of the molecule is COc1ccc(-c2ccnc(N[C@@H]3CC(Cn4cccn4)C[C@H]3O)n2)cc1. The third kappa shape index (κ3) is 4.09. The summed E-state index contributed by atoms with van der Waals surface area (Å²) in [5.74, 6) is 1.72. The summed E-state index contributed by atoms with van der Waals surface area (Å²) in [7, 11) is 1.65. The highest BCUT2D eigenvalue weighted by atomic mass is 16.5. The lowest BCUT2D eigenvalue weighted by atomic mass is 10.1. The van der Waals surface area contributed by atoms with Crippen molar-refractivity contribution in [2.45, 2.75) is 31.5 Å². The largest absolute Gasteiger partial charge is 0.497 e. The number of rotatable bonds is 6. The van der Waals surface area contributed by atoms with Crippen molar-refractivity contribution >= 4 is 5.95 Å². The molecule has 1 unspecified atom stereocenters. The van der Waals surface area contributed by atoms with E-state index in [2.05, 4.69) is 20.4 Å². The number of nitrogens with zero attached hydrogens (tertiary/aromatic N) is 4. The average Bonchev–Trinajstić information content (AvgIpc) is 3.32. The highest BCUT2D eigenvalue weighted by Gasteiger charge is 2.33. The van der Waals surface area contributed by atoms with Crippen molar-refractivity contribution in [3.63, 3.8) is 0 Å². The van der Waals surface area contributed by atoms with E-state index in [-0.39, 0.29) is 6.04 Å². The van der Waals surface area contributed by atoms with Crippen LogP contribution >= 0.6 is 0 Å². The smallest absolute Gasteiger partial charge is 0.223 e. The first-order valence-corrected chi connectivity index (χ1v) is 9.11. The molecule has 7 heteroatoms. The number of hydrogen-bond acceptors (Lipinski definition) is 6. The Hall–Kier alpha value is -2.93. The number of benzene rings is 1. The van der Waals surface area contributed by atoms with Gasteiger partial charge in [-0.1, -0.05) is 0 Å². The first kappa shape index (κ1) is 17.5. The molecule has 2 N–H and O–H groups in total. The van der Waals surface area contributed by atoms with Crippen LogP contribution in [0, 0.1) is 5.92 Å². The van der Waals surface area contributed by atoms with Crippen molar-refractivity contribution in [2.24, 2.45) is 5.92 Å². The van der Waals surface area contributed by atoms with E-state index in [4.69, 9.17) is 4.74 Å². The summed E-state index contributed by atoms with van der Waals surface area (Å²) in [5, 5.41) is 18.0. The lowest BCUT2D eigenvalue weighted by Gasteiger charge is -2.16. The normalized spacial score (nSPS) is 21.9. The lowest BCUT2D eigenvalue weighted by Crippen LogP contribution is -2.28. The van der Waals surface area contributed by atoms with Crippen LogP contribution in [0.2, 0.25) is 0 Å². The predicted molar refractivity (Wildman–Crippen MR) is 102 cm³/mol. The number of aliphatic hydroxyl groups is 1. The number of nitrogens with one attached hydrogen (secondary N) is 1. The van der Waals surface area contributed by atoms with Crippen molar-refractivity contribution in [1.82, 2.24) is 19.7 Å². The van der Waals surface area contributed by atoms with Gasteiger partial charge in [0.05, 0.1) is 24.9 Å². The van der Waals surface area contributed by atoms with Gasteiger partial charge in [-0.2, -0.15) is 5.10 Å². The maximum absolute atomic E-state index is 10.4. The van der Waals surface area contributed by atoms with Gasteiger partial charge in [-0.3, -0.25) is 4.68 Å². The van der Waals surface area contributed by atoms with E-state index in [0.717, 1.165) is 36.4 Å². The van der Waals surface area contributed by atoms with Gasteiger partial charge in [0, 0.05) is 30.7 Å². The third-order valence-electron chi connectivity index (χ3n) is 4.99. The van der Waals surface area contributed by atoms with Gasteiger partial charge in [0.25, 0.3) is 0 Å². The quantitative estimate of drug-likeness (QED) is 0.698. The molecule has 1 aliphatic carbocycles. The number of methoxy groups -OCH3 is 1. The molecular formula is C20H23N5O2. The van der Waals surface area contributed by atoms with Crippen LogP contribution < -0.4 is 10.1 Å². The number of ether oxygens (including phenoxy) is 1. The molecule has 1 saturated carbocycles. The van der Waals surface area contributed by atoms with Gasteiger partial charge < -0.3 is 15.2 Å². The molecule has 140 valence electrons. The second-order valence-electron chi connectivity index (χ2n) is 6.88. The zero-order chi connectivity index (χ0) is 18.6. The fourth-order valence-corrected chi connectivity index (χ4v) is 3.61. The molecule has 0 spiro atoms. The Morgan fingerprint density at radius 3 is 2.78 bits per heavy atom. The van der Waals surface area contributed by atoms with Crippen LogP contribution in [0.15, 0.2) is 55.0 Å². The summed E-state index contributed by atoms with van der Waals surface area (Å²) < 4.78 is 7.11. The standard InChI is InChI=1S/C20H23N5O2/c1-27-16-5-3-15(4-6-16)17-7-9-21-20(23-17)24-18-11-14(12-19(18)26)13-25-10-2-8-22-25/h2-10,14,18-19,26H,11-13H2,1H3,(H,21,23,24)/t14?,18-,19-/m1/s1. The molecule has 2 aromatic heterocycles. The zero-order valence-electron chi connectivity index (χ0n) is 15.2. The molecule has 7 nitrogen and oxygen atoms in total. The molecule has 1 aromatic carbocycles. The molecule has 0 saturated heterocycles. The Bertz CT molecular complexity index is 866. The molecule has 0 bridgehead atoms. The first-order chi connectivity index (χ1) is 13.2. The van der Waals surface area contributed by atoms with E-state index in [1.165, 1.54) is 0 Å². The van der Waals surface area contributed by atoms with Crippen molar-refractivity contribution < 1.29 is 9.84 Å². The second kappa shape index (κ2) is 7.75. The predicted octanol–water partition coefficient (Wildman–Crippen LogP) is 2.60. The van der Waals surface area contributed by atoms with E-state index in [1.54, 1.807) is 19.5 Å². The summed E-state index contributed by atoms with van der Waals surface area (Å²) in [4.78, 5) is 8.93. The van der Waals surface area contributed by atoms with Gasteiger partial charge in [-0.25, -0.2) is 9.97 Å². The fraction of sp³-hybridized carbons (Fsp3) is 0.350. The molecular weight excluding hydrogens is 342 g/mol. The van der Waals surface area contributed by atoms with E-state index in [9.17, 15) is 5.11 Å². The Balaban J connectivity index is 1.43. The molecule has 1 fully saturated rings. The van der Waals surface area contributed by atoms with E-state index < -0.39 is 6.10 Å². The number of aromatic nitrogens is 4. The van der Waals surface area contributed by atoms with Gasteiger partial charge in [0.1, 0.15) is 5.75 Å². The molecule has 2 heterocycles. The molecule has 0 radical (unpaired) electrons. The minimum Gasteiger partial charge on any atom is -0.497 e. The molecule has 3 atom stereocenters. The van der Waals surface area contributed by atoms with Gasteiger partial charge in [-0.05, 0) is 55.2 Å². The Morgan fingerprint density at radius 1 is 1.19 bits per heavy atom. The van der Waals surface area contributed by atoms with Gasteiger partial charge in [0.2, 0.25) is 5.95 Å². The highest BCUT2D eigenvalue weighted by molar-refractivity contribution is 5.61. The molecule has 1 aliphatic rings. The van der Waals surface area contributed by atoms with Gasteiger partial charge in [0.15, 0.2) is 0 Å². The van der Waals surface area contributed by atoms with Crippen molar-refractivity contribution in [3.05, 3.63) is 55.0 Å². The Morgan fingerprint density at radius 2 is 2.04 bits per heavy atom. The van der Waals surface area contributed by atoms with Crippen LogP contribution in [0.4, 0.5) is 5.95 Å². The Labute approximate surface area is 158 Å². The number of aliphatic hydroxyl groups excluding tert-OH is 1. The topological polar surface area (TPSA) is 85.1 Å². The first-order valence-electron chi connectivity index (χ1n) is 9.11. The summed E-state index contributed by atoms with van der Waals surface area (Å²) in [6.07, 6.45) is 6.65. The molecule has 4 rings (SSSR count). The molecule has 3 aromatic rings. The number of hydrogen-bond donors (Lipinski definition) is 2. The van der Waals surface area contributed by atoms with Crippen LogP contribution in [0.25, 0.3) is 11.3 Å². The molecule has 27 heavy (non-hydrogen) atoms. The second-order valence-corrected chi connectivity index (χ2v) is 6.88.